The zero-order valence-electron chi connectivity index (χ0n) is 7.33. The Morgan fingerprint density at radius 1 is 0.857 bits per heavy atom. The van der Waals surface area contributed by atoms with Gasteiger partial charge in [0.2, 0.25) is 0 Å². The van der Waals surface area contributed by atoms with Gasteiger partial charge in [0.1, 0.15) is 0 Å². The molecule has 0 aromatic heterocycles. The third-order valence-corrected chi connectivity index (χ3v) is 1.42. The van der Waals surface area contributed by atoms with E-state index in [9.17, 15) is 27.2 Å². The first kappa shape index (κ1) is 12.7. The highest BCUT2D eigenvalue weighted by Gasteiger charge is 2.66. The molecule has 2 amide bonds. The van der Waals surface area contributed by atoms with Crippen molar-refractivity contribution in [1.82, 2.24) is 10.6 Å². The van der Waals surface area contributed by atoms with Crippen LogP contribution in [0.4, 0.5) is 17.6 Å². The van der Waals surface area contributed by atoms with E-state index in [1.54, 1.807) is 0 Å². The number of alkyl halides is 4. The second-order valence-corrected chi connectivity index (χ2v) is 2.31. The van der Waals surface area contributed by atoms with E-state index in [2.05, 4.69) is 0 Å². The highest BCUT2D eigenvalue weighted by Crippen LogP contribution is 2.34. The van der Waals surface area contributed by atoms with Crippen molar-refractivity contribution >= 4 is 11.8 Å². The van der Waals surface area contributed by atoms with E-state index in [-0.39, 0.29) is 0 Å². The Hall–Kier alpha value is -1.34. The highest BCUT2D eigenvalue weighted by molar-refractivity contribution is 5.94. The molecule has 14 heavy (non-hydrogen) atoms. The molecule has 4 nitrogen and oxygen atoms in total. The molecule has 2 N–H and O–H groups in total. The summed E-state index contributed by atoms with van der Waals surface area (Å²) < 4.78 is 50.4. The van der Waals surface area contributed by atoms with Crippen molar-refractivity contribution in [1.29, 1.82) is 0 Å². The maximum atomic E-state index is 12.6. The van der Waals surface area contributed by atoms with E-state index in [4.69, 9.17) is 0 Å². The van der Waals surface area contributed by atoms with Gasteiger partial charge in [-0.05, 0) is 0 Å². The van der Waals surface area contributed by atoms with Gasteiger partial charge in [0.05, 0.1) is 0 Å². The normalized spacial score (nSPS) is 12.1. The summed E-state index contributed by atoms with van der Waals surface area (Å²) in [6.45, 7) is 0. The quantitative estimate of drug-likeness (QED) is 0.639. The van der Waals surface area contributed by atoms with Gasteiger partial charge in [-0.2, -0.15) is 17.6 Å². The molecule has 0 radical (unpaired) electrons. The number of hydrogen-bond acceptors (Lipinski definition) is 2. The Morgan fingerprint density at radius 2 is 1.07 bits per heavy atom. The second-order valence-electron chi connectivity index (χ2n) is 2.31. The molecule has 0 aromatic carbocycles. The number of rotatable bonds is 3. The van der Waals surface area contributed by atoms with Crippen LogP contribution in [0.1, 0.15) is 0 Å². The molecule has 0 bridgehead atoms. The lowest BCUT2D eigenvalue weighted by atomic mass is 10.1. The SMILES string of the molecule is CNC(=O)C(F)(F)C(F)(F)C(=O)NC. The summed E-state index contributed by atoms with van der Waals surface area (Å²) in [7, 11) is 1.52. The molecule has 0 rings (SSSR count). The summed E-state index contributed by atoms with van der Waals surface area (Å²) in [5, 5.41) is 2.68. The summed E-state index contributed by atoms with van der Waals surface area (Å²) in [6, 6.07) is 0. The minimum absolute atomic E-state index is 0.760. The van der Waals surface area contributed by atoms with Gasteiger partial charge in [-0.25, -0.2) is 0 Å². The van der Waals surface area contributed by atoms with Gasteiger partial charge in [0, 0.05) is 14.1 Å². The number of hydrogen-bond donors (Lipinski definition) is 2. The summed E-state index contributed by atoms with van der Waals surface area (Å²) in [5.41, 5.74) is 0. The Kier molecular flexibility index (Phi) is 3.44. The smallest absolute Gasteiger partial charge is 0.354 e. The van der Waals surface area contributed by atoms with E-state index in [0.717, 1.165) is 14.1 Å². The van der Waals surface area contributed by atoms with Crippen molar-refractivity contribution in [2.24, 2.45) is 0 Å². The first-order valence-corrected chi connectivity index (χ1v) is 3.41. The average Bonchev–Trinajstić information content (AvgIpc) is 2.14. The van der Waals surface area contributed by atoms with E-state index < -0.39 is 23.7 Å². The van der Waals surface area contributed by atoms with Gasteiger partial charge in [0.25, 0.3) is 11.8 Å². The van der Waals surface area contributed by atoms with Crippen molar-refractivity contribution in [2.45, 2.75) is 11.8 Å². The molecule has 0 unspecified atom stereocenters. The van der Waals surface area contributed by atoms with Crippen molar-refractivity contribution in [2.75, 3.05) is 14.1 Å². The number of carbonyl (C=O) groups excluding carboxylic acids is 2. The van der Waals surface area contributed by atoms with Gasteiger partial charge in [-0.15, -0.1) is 0 Å². The van der Waals surface area contributed by atoms with E-state index >= 15 is 0 Å². The Bertz CT molecular complexity index is 228. The molecular formula is C6H8F4N2O2. The van der Waals surface area contributed by atoms with Gasteiger partial charge in [0.15, 0.2) is 0 Å². The molecule has 0 aliphatic heterocycles. The molecule has 8 heteroatoms. The predicted octanol–water partition coefficient (Wildman–Crippen LogP) is -0.251. The third kappa shape index (κ3) is 1.78. The van der Waals surface area contributed by atoms with E-state index in [1.165, 1.54) is 10.6 Å². The van der Waals surface area contributed by atoms with Crippen LogP contribution in [0.2, 0.25) is 0 Å². The third-order valence-electron chi connectivity index (χ3n) is 1.42. The topological polar surface area (TPSA) is 58.2 Å². The Labute approximate surface area is 76.6 Å². The van der Waals surface area contributed by atoms with Crippen LogP contribution >= 0.6 is 0 Å². The van der Waals surface area contributed by atoms with Crippen LogP contribution in [0.15, 0.2) is 0 Å². The standard InChI is InChI=1S/C6H8F4N2O2/c1-11-3(13)5(7,8)6(9,10)4(14)12-2/h1-2H3,(H,11,13)(H,12,14). The van der Waals surface area contributed by atoms with Gasteiger partial charge in [-0.1, -0.05) is 0 Å². The Balaban J connectivity index is 5.06. The fourth-order valence-electron chi connectivity index (χ4n) is 0.599. The van der Waals surface area contributed by atoms with Crippen molar-refractivity contribution in [3.8, 4) is 0 Å². The van der Waals surface area contributed by atoms with Crippen LogP contribution < -0.4 is 10.6 Å². The largest absolute Gasteiger partial charge is 0.395 e. The molecule has 0 aliphatic rings. The molecule has 0 aliphatic carbocycles. The van der Waals surface area contributed by atoms with E-state index in [1.807, 2.05) is 0 Å². The maximum absolute atomic E-state index is 12.6. The Morgan fingerprint density at radius 3 is 1.21 bits per heavy atom. The average molecular weight is 216 g/mol. The first-order chi connectivity index (χ1) is 6.21. The lowest BCUT2D eigenvalue weighted by Gasteiger charge is -2.22. The summed E-state index contributed by atoms with van der Waals surface area (Å²) in [4.78, 5) is 20.8. The molecule has 0 saturated carbocycles. The molecule has 82 valence electrons. The number of carbonyl (C=O) groups is 2. The van der Waals surface area contributed by atoms with Crippen molar-refractivity contribution < 1.29 is 27.2 Å². The maximum Gasteiger partial charge on any atom is 0.395 e. The van der Waals surface area contributed by atoms with Crippen LogP contribution in [-0.2, 0) is 9.59 Å². The molecule has 0 heterocycles. The predicted molar refractivity (Wildman–Crippen MR) is 38.0 cm³/mol. The second kappa shape index (κ2) is 3.81. The molecular weight excluding hydrogens is 208 g/mol. The van der Waals surface area contributed by atoms with Crippen molar-refractivity contribution in [3.05, 3.63) is 0 Å². The first-order valence-electron chi connectivity index (χ1n) is 3.41. The summed E-state index contributed by atoms with van der Waals surface area (Å²) in [5.74, 6) is -14.6. The van der Waals surface area contributed by atoms with E-state index in [0.29, 0.717) is 0 Å². The molecule has 0 aromatic rings. The molecule has 0 saturated heterocycles. The number of nitrogens with one attached hydrogen (secondary N) is 2. The molecule has 0 fully saturated rings. The summed E-state index contributed by atoms with van der Waals surface area (Å²) in [6.07, 6.45) is 0. The van der Waals surface area contributed by atoms with Gasteiger partial charge >= 0.3 is 11.8 Å². The molecule has 0 spiro atoms. The van der Waals surface area contributed by atoms with Crippen LogP contribution in [0.5, 0.6) is 0 Å². The highest BCUT2D eigenvalue weighted by atomic mass is 19.3. The lowest BCUT2D eigenvalue weighted by Crippen LogP contribution is -2.58. The minimum Gasteiger partial charge on any atom is -0.354 e. The van der Waals surface area contributed by atoms with Gasteiger partial charge < -0.3 is 10.6 Å². The van der Waals surface area contributed by atoms with Crippen LogP contribution in [0, 0.1) is 0 Å². The van der Waals surface area contributed by atoms with Crippen LogP contribution in [0.3, 0.4) is 0 Å². The monoisotopic (exact) mass is 216 g/mol. The minimum atomic E-state index is -5.07. The zero-order valence-corrected chi connectivity index (χ0v) is 7.33. The molecule has 0 atom stereocenters. The fourth-order valence-corrected chi connectivity index (χ4v) is 0.599. The van der Waals surface area contributed by atoms with Crippen LogP contribution in [-0.4, -0.2) is 37.8 Å². The van der Waals surface area contributed by atoms with Crippen LogP contribution in [0.25, 0.3) is 0 Å². The lowest BCUT2D eigenvalue weighted by molar-refractivity contribution is -0.210. The summed E-state index contributed by atoms with van der Waals surface area (Å²) >= 11 is 0. The fraction of sp³-hybridized carbons (Fsp3) is 0.667. The zero-order chi connectivity index (χ0) is 11.6. The van der Waals surface area contributed by atoms with Crippen molar-refractivity contribution in [3.63, 3.8) is 0 Å². The van der Waals surface area contributed by atoms with Gasteiger partial charge in [-0.3, -0.25) is 9.59 Å². The number of halogens is 4. The number of amides is 2.